The van der Waals surface area contributed by atoms with E-state index in [0.29, 0.717) is 18.3 Å². The second kappa shape index (κ2) is 7.66. The van der Waals surface area contributed by atoms with Gasteiger partial charge in [-0.25, -0.2) is 4.98 Å². The van der Waals surface area contributed by atoms with E-state index in [0.717, 1.165) is 39.6 Å². The number of H-pyrrole nitrogens is 2. The molecule has 0 bridgehead atoms. The lowest BCUT2D eigenvalue weighted by atomic mass is 10.1. The highest BCUT2D eigenvalue weighted by Gasteiger charge is 2.10. The normalized spacial score (nSPS) is 11.4. The predicted molar refractivity (Wildman–Crippen MR) is 127 cm³/mol. The second-order valence-corrected chi connectivity index (χ2v) is 7.60. The Hall–Kier alpha value is -4.46. The Morgan fingerprint density at radius 3 is 2.91 bits per heavy atom. The number of anilines is 3. The number of aromatic amines is 2. The Labute approximate surface area is 183 Å². The topological polar surface area (TPSA) is 107 Å². The number of pyridine rings is 1. The highest BCUT2D eigenvalue weighted by atomic mass is 15.2. The third-order valence-electron chi connectivity index (χ3n) is 5.51. The summed E-state index contributed by atoms with van der Waals surface area (Å²) in [7, 11) is 0. The number of para-hydroxylation sites is 1. The van der Waals surface area contributed by atoms with Gasteiger partial charge in [-0.05, 0) is 48.4 Å². The van der Waals surface area contributed by atoms with E-state index in [4.69, 9.17) is 4.98 Å². The van der Waals surface area contributed by atoms with Crippen molar-refractivity contribution in [1.29, 1.82) is 0 Å². The summed E-state index contributed by atoms with van der Waals surface area (Å²) in [4.78, 5) is 17.2. The largest absolute Gasteiger partial charge is 0.361 e. The van der Waals surface area contributed by atoms with Crippen LogP contribution in [0.1, 0.15) is 5.56 Å². The van der Waals surface area contributed by atoms with E-state index >= 15 is 0 Å². The number of nitrogens with one attached hydrogen (secondary N) is 4. The monoisotopic (exact) mass is 420 g/mol. The summed E-state index contributed by atoms with van der Waals surface area (Å²) in [6, 6.07) is 18.2. The molecule has 0 radical (unpaired) electrons. The van der Waals surface area contributed by atoms with Crippen LogP contribution in [0.5, 0.6) is 0 Å². The zero-order chi connectivity index (χ0) is 21.3. The molecule has 156 valence electrons. The van der Waals surface area contributed by atoms with Gasteiger partial charge in [0.1, 0.15) is 5.52 Å². The molecular formula is C24H20N8. The Kier molecular flexibility index (Phi) is 4.39. The van der Waals surface area contributed by atoms with Gasteiger partial charge in [-0.2, -0.15) is 10.1 Å². The van der Waals surface area contributed by atoms with Gasteiger partial charge in [-0.15, -0.1) is 0 Å². The molecule has 0 saturated heterocycles. The molecule has 0 aliphatic carbocycles. The minimum absolute atomic E-state index is 0.567. The van der Waals surface area contributed by atoms with Crippen LogP contribution in [0.2, 0.25) is 0 Å². The van der Waals surface area contributed by atoms with Crippen LogP contribution in [-0.2, 0) is 6.42 Å². The SMILES string of the molecule is c1cnc2c(Nc3ccc4[nH]ncc4c3)nc(NCCc3c[nH]c4ccccc34)nc2c1. The highest BCUT2D eigenvalue weighted by molar-refractivity contribution is 5.90. The van der Waals surface area contributed by atoms with E-state index in [-0.39, 0.29) is 0 Å². The average Bonchev–Trinajstić information content (AvgIpc) is 3.46. The van der Waals surface area contributed by atoms with Gasteiger partial charge in [0.15, 0.2) is 5.82 Å². The van der Waals surface area contributed by atoms with Gasteiger partial charge in [-0.1, -0.05) is 18.2 Å². The van der Waals surface area contributed by atoms with Crippen molar-refractivity contribution in [2.45, 2.75) is 6.42 Å². The van der Waals surface area contributed by atoms with E-state index in [2.05, 4.69) is 60.2 Å². The molecule has 0 aliphatic rings. The maximum atomic E-state index is 4.72. The molecule has 0 unspecified atom stereocenters. The number of hydrogen-bond donors (Lipinski definition) is 4. The van der Waals surface area contributed by atoms with Crippen molar-refractivity contribution in [3.05, 3.63) is 78.8 Å². The zero-order valence-corrected chi connectivity index (χ0v) is 17.1. The Morgan fingerprint density at radius 1 is 0.938 bits per heavy atom. The molecule has 0 atom stereocenters. The van der Waals surface area contributed by atoms with Crippen LogP contribution in [-0.4, -0.2) is 36.7 Å². The van der Waals surface area contributed by atoms with Gasteiger partial charge in [0.2, 0.25) is 5.95 Å². The standard InChI is InChI=1S/C24H20N8/c1-2-5-20-18(4-1)15(13-27-20)9-11-26-24-30-21-6-3-10-25-22(21)23(31-24)29-17-7-8-19-16(12-17)14-28-32-19/h1-8,10,12-14,27H,9,11H2,(H,28,32)(H2,26,29,30,31). The molecule has 4 heterocycles. The lowest BCUT2D eigenvalue weighted by Crippen LogP contribution is -2.09. The van der Waals surface area contributed by atoms with E-state index in [1.54, 1.807) is 12.4 Å². The van der Waals surface area contributed by atoms with Gasteiger partial charge in [0, 0.05) is 40.9 Å². The van der Waals surface area contributed by atoms with Crippen molar-refractivity contribution < 1.29 is 0 Å². The van der Waals surface area contributed by atoms with E-state index in [9.17, 15) is 0 Å². The Morgan fingerprint density at radius 2 is 1.91 bits per heavy atom. The number of rotatable bonds is 6. The molecule has 0 amide bonds. The smallest absolute Gasteiger partial charge is 0.225 e. The van der Waals surface area contributed by atoms with Crippen LogP contribution < -0.4 is 10.6 Å². The van der Waals surface area contributed by atoms with Crippen molar-refractivity contribution in [2.75, 3.05) is 17.2 Å². The molecule has 0 saturated carbocycles. The van der Waals surface area contributed by atoms with Gasteiger partial charge >= 0.3 is 0 Å². The molecule has 8 heteroatoms. The van der Waals surface area contributed by atoms with Gasteiger partial charge in [-0.3, -0.25) is 10.1 Å². The van der Waals surface area contributed by atoms with Crippen LogP contribution in [0.4, 0.5) is 17.5 Å². The summed E-state index contributed by atoms with van der Waals surface area (Å²) in [5.41, 5.74) is 5.82. The summed E-state index contributed by atoms with van der Waals surface area (Å²) in [5.74, 6) is 1.23. The third-order valence-corrected chi connectivity index (χ3v) is 5.51. The molecule has 32 heavy (non-hydrogen) atoms. The summed E-state index contributed by atoms with van der Waals surface area (Å²) < 4.78 is 0. The minimum Gasteiger partial charge on any atom is -0.361 e. The number of fused-ring (bicyclic) bond motifs is 3. The predicted octanol–water partition coefficient (Wildman–Crippen LogP) is 4.78. The van der Waals surface area contributed by atoms with Gasteiger partial charge in [0.05, 0.1) is 17.2 Å². The van der Waals surface area contributed by atoms with Crippen molar-refractivity contribution in [3.8, 4) is 0 Å². The van der Waals surface area contributed by atoms with Crippen LogP contribution in [0.3, 0.4) is 0 Å². The molecule has 4 N–H and O–H groups in total. The molecule has 6 aromatic rings. The molecule has 0 spiro atoms. The van der Waals surface area contributed by atoms with Crippen molar-refractivity contribution in [3.63, 3.8) is 0 Å². The molecule has 8 nitrogen and oxygen atoms in total. The molecule has 4 aromatic heterocycles. The fraction of sp³-hybridized carbons (Fsp3) is 0.0833. The summed E-state index contributed by atoms with van der Waals surface area (Å²) >= 11 is 0. The first-order valence-electron chi connectivity index (χ1n) is 10.5. The summed E-state index contributed by atoms with van der Waals surface area (Å²) in [6.07, 6.45) is 6.48. The van der Waals surface area contributed by atoms with Crippen LogP contribution in [0, 0.1) is 0 Å². The first kappa shape index (κ1) is 18.3. The fourth-order valence-corrected chi connectivity index (χ4v) is 3.94. The molecule has 6 rings (SSSR count). The molecule has 0 fully saturated rings. The Bertz CT molecular complexity index is 1550. The third kappa shape index (κ3) is 3.37. The first-order chi connectivity index (χ1) is 15.8. The summed E-state index contributed by atoms with van der Waals surface area (Å²) in [5, 5.41) is 16.1. The lowest BCUT2D eigenvalue weighted by Gasteiger charge is -2.11. The number of nitrogens with zero attached hydrogens (tertiary/aromatic N) is 4. The first-order valence-corrected chi connectivity index (χ1v) is 10.5. The molecule has 2 aromatic carbocycles. The van der Waals surface area contributed by atoms with Gasteiger partial charge < -0.3 is 15.6 Å². The van der Waals surface area contributed by atoms with Crippen LogP contribution >= 0.6 is 0 Å². The van der Waals surface area contributed by atoms with E-state index < -0.39 is 0 Å². The maximum Gasteiger partial charge on any atom is 0.225 e. The lowest BCUT2D eigenvalue weighted by molar-refractivity contribution is 0.997. The van der Waals surface area contributed by atoms with Crippen LogP contribution in [0.15, 0.2) is 73.2 Å². The Balaban J connectivity index is 1.26. The maximum absolute atomic E-state index is 4.72. The minimum atomic E-state index is 0.567. The second-order valence-electron chi connectivity index (χ2n) is 7.60. The number of aromatic nitrogens is 6. The average molecular weight is 420 g/mol. The zero-order valence-electron chi connectivity index (χ0n) is 17.1. The van der Waals surface area contributed by atoms with Crippen molar-refractivity contribution in [1.82, 2.24) is 30.1 Å². The quantitative estimate of drug-likeness (QED) is 0.309. The van der Waals surface area contributed by atoms with Crippen molar-refractivity contribution in [2.24, 2.45) is 0 Å². The van der Waals surface area contributed by atoms with E-state index in [1.165, 1.54) is 10.9 Å². The van der Waals surface area contributed by atoms with E-state index in [1.807, 2.05) is 36.4 Å². The number of hydrogen-bond acceptors (Lipinski definition) is 6. The molecule has 0 aliphatic heterocycles. The van der Waals surface area contributed by atoms with Crippen molar-refractivity contribution >= 4 is 50.3 Å². The van der Waals surface area contributed by atoms with Gasteiger partial charge in [0.25, 0.3) is 0 Å². The van der Waals surface area contributed by atoms with Crippen LogP contribution in [0.25, 0.3) is 32.8 Å². The molecular weight excluding hydrogens is 400 g/mol. The summed E-state index contributed by atoms with van der Waals surface area (Å²) in [6.45, 7) is 0.716. The highest BCUT2D eigenvalue weighted by Crippen LogP contribution is 2.25. The number of benzene rings is 2. The fourth-order valence-electron chi connectivity index (χ4n) is 3.94.